The van der Waals surface area contributed by atoms with Gasteiger partial charge >= 0.3 is 0 Å². The highest BCUT2D eigenvalue weighted by molar-refractivity contribution is 5.46. The normalized spacial score (nSPS) is 37.9. The maximum atomic E-state index is 13.5. The van der Waals surface area contributed by atoms with Crippen molar-refractivity contribution in [1.29, 1.82) is 0 Å². The number of fused-ring (bicyclic) bond motifs is 1. The van der Waals surface area contributed by atoms with Crippen molar-refractivity contribution in [1.82, 2.24) is 5.32 Å². The number of rotatable bonds is 4. The van der Waals surface area contributed by atoms with Gasteiger partial charge in [-0.25, -0.2) is 4.39 Å². The second-order valence-electron chi connectivity index (χ2n) is 5.14. The van der Waals surface area contributed by atoms with Gasteiger partial charge in [0.15, 0.2) is 11.5 Å². The van der Waals surface area contributed by atoms with Gasteiger partial charge in [-0.05, 0) is 48.6 Å². The third kappa shape index (κ3) is 3.17. The molecular weight excluding hydrogens is 309 g/mol. The van der Waals surface area contributed by atoms with Crippen LogP contribution in [-0.4, -0.2) is 26.3 Å². The van der Waals surface area contributed by atoms with Crippen LogP contribution in [0.1, 0.15) is 30.2 Å². The van der Waals surface area contributed by atoms with E-state index in [4.69, 9.17) is 26.5 Å². The average molecular weight is 338 g/mol. The van der Waals surface area contributed by atoms with Gasteiger partial charge in [-0.1, -0.05) is 12.1 Å². The number of nitrogens with one attached hydrogen (secondary N) is 1. The summed E-state index contributed by atoms with van der Waals surface area (Å²) < 4.78 is 104. The second-order valence-corrected chi connectivity index (χ2v) is 5.14. The molecule has 4 rings (SSSR count). The van der Waals surface area contributed by atoms with Gasteiger partial charge in [0.05, 0.1) is 9.30 Å². The maximum Gasteiger partial charge on any atom is 0.231 e. The van der Waals surface area contributed by atoms with Gasteiger partial charge in [0.2, 0.25) is 6.75 Å². The van der Waals surface area contributed by atoms with Crippen molar-refractivity contribution in [3.05, 3.63) is 53.8 Å². The maximum absolute atomic E-state index is 13.5. The van der Waals surface area contributed by atoms with Crippen molar-refractivity contribution in [3.63, 3.8) is 0 Å². The van der Waals surface area contributed by atoms with Crippen molar-refractivity contribution < 1.29 is 30.9 Å². The fraction of sp³-hybridized carbons (Fsp3) is 0.368. The molecule has 2 aliphatic rings. The van der Waals surface area contributed by atoms with Crippen molar-refractivity contribution in [2.24, 2.45) is 5.92 Å². The molecule has 126 valence electrons. The van der Waals surface area contributed by atoms with Crippen LogP contribution < -0.4 is 19.5 Å². The number of ether oxygens (including phenoxy) is 3. The fourth-order valence-corrected chi connectivity index (χ4v) is 2.41. The lowest BCUT2D eigenvalue weighted by atomic mass is 9.81. The summed E-state index contributed by atoms with van der Waals surface area (Å²) in [6.45, 7) is -8.57. The summed E-state index contributed by atoms with van der Waals surface area (Å²) in [5.41, 5.74) is -0.115. The Bertz CT molecular complexity index is 1070. The van der Waals surface area contributed by atoms with Crippen LogP contribution in [0.2, 0.25) is 0 Å². The van der Waals surface area contributed by atoms with E-state index >= 15 is 0 Å². The van der Waals surface area contributed by atoms with E-state index < -0.39 is 50.3 Å². The van der Waals surface area contributed by atoms with Crippen molar-refractivity contribution in [2.45, 2.75) is 12.3 Å². The average Bonchev–Trinajstić information content (AvgIpc) is 2.98. The zero-order valence-corrected chi connectivity index (χ0v) is 12.4. The third-order valence-electron chi connectivity index (χ3n) is 3.57. The Morgan fingerprint density at radius 3 is 2.96 bits per heavy atom. The molecule has 2 aromatic carbocycles. The predicted molar refractivity (Wildman–Crippen MR) is 88.2 cm³/mol. The summed E-state index contributed by atoms with van der Waals surface area (Å²) in [7, 11) is 0. The number of benzene rings is 2. The summed E-state index contributed by atoms with van der Waals surface area (Å²) >= 11 is 0. The highest BCUT2D eigenvalue weighted by atomic mass is 19.1. The Morgan fingerprint density at radius 2 is 2.08 bits per heavy atom. The first-order valence-electron chi connectivity index (χ1n) is 11.8. The van der Waals surface area contributed by atoms with E-state index in [0.717, 1.165) is 30.3 Å². The Hall–Kier alpha value is -2.27. The largest absolute Gasteiger partial charge is 0.493 e. The minimum Gasteiger partial charge on any atom is -0.493 e. The van der Waals surface area contributed by atoms with E-state index in [9.17, 15) is 4.39 Å². The summed E-state index contributed by atoms with van der Waals surface area (Å²) in [4.78, 5) is 0. The minimum atomic E-state index is -2.97. The van der Waals surface area contributed by atoms with Crippen molar-refractivity contribution in [2.75, 3.05) is 26.3 Å². The molecule has 0 amide bonds. The molecule has 0 spiro atoms. The topological polar surface area (TPSA) is 39.7 Å². The SMILES string of the molecule is [2H]C1([2H])Oc2ccc(OC([2H])([2H])C3C([2H])([2H])NCC([2H])([2H])[C@@]3([2H])c3ccc(F)cc3)cc2O1. The molecule has 1 N–H and O–H groups in total. The molecule has 1 fully saturated rings. The van der Waals surface area contributed by atoms with Gasteiger partial charge in [-0.2, -0.15) is 0 Å². The van der Waals surface area contributed by atoms with Crippen molar-refractivity contribution in [3.8, 4) is 17.2 Å². The lowest BCUT2D eigenvalue weighted by molar-refractivity contribution is 0.173. The Kier molecular flexibility index (Phi) is 2.29. The van der Waals surface area contributed by atoms with E-state index in [-0.39, 0.29) is 22.8 Å². The molecule has 0 aliphatic carbocycles. The molecule has 1 unspecified atom stereocenters. The summed E-state index contributed by atoms with van der Waals surface area (Å²) in [6.07, 6.45) is -2.47. The van der Waals surface area contributed by atoms with Crippen LogP contribution in [0.3, 0.4) is 0 Å². The quantitative estimate of drug-likeness (QED) is 0.928. The summed E-state index contributed by atoms with van der Waals surface area (Å²) in [5, 5.41) is 2.33. The lowest BCUT2D eigenvalue weighted by Gasteiger charge is -2.32. The molecule has 0 radical (unpaired) electrons. The number of hydrogen-bond donors (Lipinski definition) is 1. The van der Waals surface area contributed by atoms with Crippen LogP contribution in [0.4, 0.5) is 4.39 Å². The molecular formula is C19H20FNO3. The van der Waals surface area contributed by atoms with E-state index in [1.807, 2.05) is 0 Å². The van der Waals surface area contributed by atoms with Gasteiger partial charge < -0.3 is 19.5 Å². The van der Waals surface area contributed by atoms with E-state index in [2.05, 4.69) is 5.32 Å². The number of hydrogen-bond acceptors (Lipinski definition) is 4. The Balaban J connectivity index is 1.77. The van der Waals surface area contributed by atoms with Crippen LogP contribution in [-0.2, 0) is 0 Å². The molecule has 2 aliphatic heterocycles. The molecule has 4 nitrogen and oxygen atoms in total. The third-order valence-corrected chi connectivity index (χ3v) is 3.57. The van der Waals surface area contributed by atoms with Crippen LogP contribution in [0.15, 0.2) is 42.5 Å². The van der Waals surface area contributed by atoms with Crippen LogP contribution in [0.5, 0.6) is 17.2 Å². The fourth-order valence-electron chi connectivity index (χ4n) is 2.41. The molecule has 0 bridgehead atoms. The van der Waals surface area contributed by atoms with Gasteiger partial charge in [-0.3, -0.25) is 0 Å². The smallest absolute Gasteiger partial charge is 0.231 e. The standard InChI is InChI=1S/C19H20FNO3/c20-15-3-1-13(2-4-15)17-7-8-21-10-14(17)11-22-16-5-6-18-19(9-16)24-12-23-18/h1-6,9,14,17,21H,7-8,10-12H2/t14?,17-/m0/s1/i7D2,10D2,11D2,12D2,17D. The molecule has 0 aromatic heterocycles. The van der Waals surface area contributed by atoms with Crippen LogP contribution >= 0.6 is 0 Å². The first-order valence-corrected chi connectivity index (χ1v) is 7.30. The second kappa shape index (κ2) is 6.69. The summed E-state index contributed by atoms with van der Waals surface area (Å²) in [5.74, 6) is -5.42. The monoisotopic (exact) mass is 338 g/mol. The van der Waals surface area contributed by atoms with E-state index in [0.29, 0.717) is 0 Å². The first-order chi connectivity index (χ1) is 15.1. The molecule has 2 atom stereocenters. The van der Waals surface area contributed by atoms with Gasteiger partial charge in [0.25, 0.3) is 0 Å². The first kappa shape index (κ1) is 8.21. The van der Waals surface area contributed by atoms with Gasteiger partial charge in [0, 0.05) is 25.3 Å². The molecule has 5 heteroatoms. The Labute approximate surface area is 153 Å². The highest BCUT2D eigenvalue weighted by Gasteiger charge is 2.27. The lowest BCUT2D eigenvalue weighted by Crippen LogP contribution is -2.38. The zero-order valence-electron chi connectivity index (χ0n) is 21.4. The van der Waals surface area contributed by atoms with Crippen LogP contribution in [0.25, 0.3) is 0 Å². The van der Waals surface area contributed by atoms with Crippen molar-refractivity contribution >= 4 is 0 Å². The summed E-state index contributed by atoms with van der Waals surface area (Å²) in [6, 6.07) is 7.96. The van der Waals surface area contributed by atoms with Crippen LogP contribution in [0, 0.1) is 11.7 Å². The molecule has 0 saturated carbocycles. The number of piperidine rings is 1. The van der Waals surface area contributed by atoms with Gasteiger partial charge in [0.1, 0.15) is 14.3 Å². The molecule has 24 heavy (non-hydrogen) atoms. The molecule has 2 heterocycles. The van der Waals surface area contributed by atoms with E-state index in [1.165, 1.54) is 12.1 Å². The number of halogens is 1. The predicted octanol–water partition coefficient (Wildman–Crippen LogP) is 3.33. The molecule has 2 aromatic rings. The molecule has 1 saturated heterocycles. The highest BCUT2D eigenvalue weighted by Crippen LogP contribution is 2.36. The van der Waals surface area contributed by atoms with Gasteiger partial charge in [-0.15, -0.1) is 0 Å². The zero-order chi connectivity index (χ0) is 24.4. The minimum absolute atomic E-state index is 0.0556. The van der Waals surface area contributed by atoms with E-state index in [1.54, 1.807) is 0 Å². The Morgan fingerprint density at radius 1 is 1.25 bits per heavy atom.